The minimum Gasteiger partial charge on any atom is -0.307 e. The Morgan fingerprint density at radius 2 is 2.17 bits per heavy atom. The quantitative estimate of drug-likeness (QED) is 0.922. The molecule has 1 N–H and O–H groups in total. The lowest BCUT2D eigenvalue weighted by molar-refractivity contribution is 0.484. The summed E-state index contributed by atoms with van der Waals surface area (Å²) in [7, 11) is 1.99. The Morgan fingerprint density at radius 1 is 1.44 bits per heavy atom. The summed E-state index contributed by atoms with van der Waals surface area (Å²) in [6, 6.07) is 2.70. The predicted molar refractivity (Wildman–Crippen MR) is 80.3 cm³/mol. The van der Waals surface area contributed by atoms with E-state index in [1.807, 2.05) is 13.2 Å². The molecular weight excluding hydrogens is 310 g/mol. The van der Waals surface area contributed by atoms with E-state index in [2.05, 4.69) is 63.2 Å². The van der Waals surface area contributed by atoms with E-state index in [-0.39, 0.29) is 6.04 Å². The number of hydrogen-bond acceptors (Lipinski definition) is 3. The van der Waals surface area contributed by atoms with E-state index in [1.165, 1.54) is 16.1 Å². The molecule has 2 aromatic heterocycles. The minimum absolute atomic E-state index is 0.185. The first-order valence-corrected chi connectivity index (χ1v) is 7.67. The normalized spacial score (nSPS) is 13.2. The molecule has 0 bridgehead atoms. The first kappa shape index (κ1) is 13.8. The number of rotatable bonds is 4. The summed E-state index contributed by atoms with van der Waals surface area (Å²) in [6.45, 7) is 6.45. The highest BCUT2D eigenvalue weighted by Crippen LogP contribution is 2.34. The number of nitrogens with zero attached hydrogens (tertiary/aromatic N) is 2. The highest BCUT2D eigenvalue weighted by Gasteiger charge is 2.23. The first-order chi connectivity index (χ1) is 8.56. The van der Waals surface area contributed by atoms with Crippen molar-refractivity contribution in [3.8, 4) is 0 Å². The van der Waals surface area contributed by atoms with Crippen molar-refractivity contribution in [2.24, 2.45) is 0 Å². The summed E-state index contributed by atoms with van der Waals surface area (Å²) in [4.78, 5) is 1.35. The van der Waals surface area contributed by atoms with Crippen LogP contribution in [-0.4, -0.2) is 16.8 Å². The van der Waals surface area contributed by atoms with Crippen LogP contribution in [0.15, 0.2) is 22.1 Å². The van der Waals surface area contributed by atoms with Crippen molar-refractivity contribution in [3.05, 3.63) is 38.3 Å². The molecule has 3 nitrogen and oxygen atoms in total. The minimum atomic E-state index is 0.185. The SMILES string of the molecule is CNC(c1sccc1C)c1c(Br)cnn1C(C)C. The Bertz CT molecular complexity index is 530. The Kier molecular flexibility index (Phi) is 4.25. The zero-order valence-electron chi connectivity index (χ0n) is 11.1. The van der Waals surface area contributed by atoms with Gasteiger partial charge in [0.25, 0.3) is 0 Å². The average Bonchev–Trinajstić information content (AvgIpc) is 2.89. The van der Waals surface area contributed by atoms with Crippen molar-refractivity contribution in [2.45, 2.75) is 32.9 Å². The Balaban J connectivity index is 2.52. The third kappa shape index (κ3) is 2.39. The van der Waals surface area contributed by atoms with Gasteiger partial charge in [0.2, 0.25) is 0 Å². The third-order valence-corrected chi connectivity index (χ3v) is 4.70. The summed E-state index contributed by atoms with van der Waals surface area (Å²) in [5.41, 5.74) is 2.51. The molecule has 0 aliphatic carbocycles. The number of nitrogens with one attached hydrogen (secondary N) is 1. The molecule has 0 saturated carbocycles. The molecule has 0 aliphatic rings. The highest BCUT2D eigenvalue weighted by atomic mass is 79.9. The topological polar surface area (TPSA) is 29.9 Å². The molecule has 0 fully saturated rings. The Hall–Kier alpha value is -0.650. The van der Waals surface area contributed by atoms with Crippen molar-refractivity contribution in [2.75, 3.05) is 7.05 Å². The van der Waals surface area contributed by atoms with Crippen LogP contribution in [0.4, 0.5) is 0 Å². The maximum atomic E-state index is 4.46. The van der Waals surface area contributed by atoms with E-state index in [0.29, 0.717) is 6.04 Å². The third-order valence-electron chi connectivity index (χ3n) is 3.00. The summed E-state index contributed by atoms with van der Waals surface area (Å²) in [6.07, 6.45) is 1.88. The largest absolute Gasteiger partial charge is 0.307 e. The highest BCUT2D eigenvalue weighted by molar-refractivity contribution is 9.10. The van der Waals surface area contributed by atoms with Crippen LogP contribution in [0.3, 0.4) is 0 Å². The number of hydrogen-bond donors (Lipinski definition) is 1. The molecule has 0 amide bonds. The van der Waals surface area contributed by atoms with Gasteiger partial charge in [-0.2, -0.15) is 5.10 Å². The Labute approximate surface area is 120 Å². The van der Waals surface area contributed by atoms with Gasteiger partial charge in [-0.1, -0.05) is 0 Å². The maximum absolute atomic E-state index is 4.46. The van der Waals surface area contributed by atoms with E-state index in [4.69, 9.17) is 0 Å². The number of aryl methyl sites for hydroxylation is 1. The Morgan fingerprint density at radius 3 is 2.67 bits per heavy atom. The predicted octanol–water partition coefficient (Wildman–Crippen LogP) is 3.91. The van der Waals surface area contributed by atoms with Crippen LogP contribution in [0.5, 0.6) is 0 Å². The lowest BCUT2D eigenvalue weighted by Crippen LogP contribution is -2.22. The van der Waals surface area contributed by atoms with Crippen LogP contribution in [-0.2, 0) is 0 Å². The summed E-state index contributed by atoms with van der Waals surface area (Å²) in [5, 5.41) is 10.00. The fourth-order valence-electron chi connectivity index (χ4n) is 2.10. The van der Waals surface area contributed by atoms with Crippen LogP contribution in [0.2, 0.25) is 0 Å². The second-order valence-electron chi connectivity index (χ2n) is 4.61. The molecule has 2 rings (SSSR count). The van der Waals surface area contributed by atoms with Crippen molar-refractivity contribution in [1.29, 1.82) is 0 Å². The number of thiophene rings is 1. The molecule has 2 aromatic rings. The van der Waals surface area contributed by atoms with Gasteiger partial charge in [-0.25, -0.2) is 0 Å². The van der Waals surface area contributed by atoms with E-state index in [9.17, 15) is 0 Å². The van der Waals surface area contributed by atoms with E-state index in [1.54, 1.807) is 11.3 Å². The van der Waals surface area contributed by atoms with Gasteiger partial charge in [-0.15, -0.1) is 11.3 Å². The fourth-order valence-corrected chi connectivity index (χ4v) is 3.64. The van der Waals surface area contributed by atoms with E-state index >= 15 is 0 Å². The van der Waals surface area contributed by atoms with Crippen LogP contribution in [0, 0.1) is 6.92 Å². The summed E-state index contributed by atoms with van der Waals surface area (Å²) in [5.74, 6) is 0. The van der Waals surface area contributed by atoms with Crippen molar-refractivity contribution < 1.29 is 0 Å². The molecule has 18 heavy (non-hydrogen) atoms. The van der Waals surface area contributed by atoms with Gasteiger partial charge in [0.1, 0.15) is 0 Å². The second-order valence-corrected chi connectivity index (χ2v) is 6.41. The van der Waals surface area contributed by atoms with Crippen molar-refractivity contribution in [1.82, 2.24) is 15.1 Å². The molecular formula is C13H18BrN3S. The standard InChI is InChI=1S/C13H18BrN3S/c1-8(2)17-12(10(14)7-16-17)11(15-4)13-9(3)5-6-18-13/h5-8,11,15H,1-4H3. The van der Waals surface area contributed by atoms with Gasteiger partial charge in [-0.3, -0.25) is 4.68 Å². The van der Waals surface area contributed by atoms with E-state index < -0.39 is 0 Å². The summed E-state index contributed by atoms with van der Waals surface area (Å²) >= 11 is 5.40. The molecule has 0 saturated heterocycles. The maximum Gasteiger partial charge on any atom is 0.0853 e. The van der Waals surface area contributed by atoms with Crippen LogP contribution >= 0.6 is 27.3 Å². The molecule has 1 unspecified atom stereocenters. The fraction of sp³-hybridized carbons (Fsp3) is 0.462. The van der Waals surface area contributed by atoms with Gasteiger partial charge < -0.3 is 5.32 Å². The monoisotopic (exact) mass is 327 g/mol. The molecule has 0 radical (unpaired) electrons. The molecule has 0 spiro atoms. The zero-order chi connectivity index (χ0) is 13.3. The van der Waals surface area contributed by atoms with E-state index in [0.717, 1.165) is 4.47 Å². The molecule has 1 atom stereocenters. The summed E-state index contributed by atoms with van der Waals surface area (Å²) < 4.78 is 3.13. The number of halogens is 1. The van der Waals surface area contributed by atoms with Gasteiger partial charge in [0.15, 0.2) is 0 Å². The van der Waals surface area contributed by atoms with Gasteiger partial charge in [0.05, 0.1) is 22.4 Å². The molecule has 0 aromatic carbocycles. The average molecular weight is 328 g/mol. The lowest BCUT2D eigenvalue weighted by Gasteiger charge is -2.20. The van der Waals surface area contributed by atoms with Crippen LogP contribution < -0.4 is 5.32 Å². The zero-order valence-corrected chi connectivity index (χ0v) is 13.5. The van der Waals surface area contributed by atoms with Crippen molar-refractivity contribution in [3.63, 3.8) is 0 Å². The van der Waals surface area contributed by atoms with Crippen molar-refractivity contribution >= 4 is 27.3 Å². The smallest absolute Gasteiger partial charge is 0.0853 e. The second kappa shape index (κ2) is 5.55. The molecule has 2 heterocycles. The van der Waals surface area contributed by atoms with Gasteiger partial charge in [0, 0.05) is 10.9 Å². The number of aromatic nitrogens is 2. The first-order valence-electron chi connectivity index (χ1n) is 6.00. The lowest BCUT2D eigenvalue weighted by atomic mass is 10.1. The molecule has 98 valence electrons. The van der Waals surface area contributed by atoms with Gasteiger partial charge >= 0.3 is 0 Å². The van der Waals surface area contributed by atoms with Crippen LogP contribution in [0.1, 0.15) is 42.1 Å². The van der Waals surface area contributed by atoms with Gasteiger partial charge in [-0.05, 0) is 60.8 Å². The molecule has 5 heteroatoms. The van der Waals surface area contributed by atoms with Crippen LogP contribution in [0.25, 0.3) is 0 Å². The molecule has 0 aliphatic heterocycles.